The molecule has 132 valence electrons. The zero-order chi connectivity index (χ0) is 19.1. The van der Waals surface area contributed by atoms with Gasteiger partial charge in [-0.15, -0.1) is 0 Å². The lowest BCUT2D eigenvalue weighted by Gasteiger charge is -2.24. The molecule has 0 saturated heterocycles. The van der Waals surface area contributed by atoms with Crippen LogP contribution in [-0.4, -0.2) is 20.0 Å². The number of sulfone groups is 1. The van der Waals surface area contributed by atoms with E-state index in [1.807, 2.05) is 6.07 Å². The molecule has 0 saturated carbocycles. The number of hydrogen-bond acceptors (Lipinski definition) is 5. The van der Waals surface area contributed by atoms with Crippen LogP contribution in [0.3, 0.4) is 0 Å². The Labute approximate surface area is 152 Å². The second-order valence-electron chi connectivity index (χ2n) is 6.86. The van der Waals surface area contributed by atoms with Crippen LogP contribution in [0.25, 0.3) is 5.57 Å². The average molecular weight is 367 g/mol. The van der Waals surface area contributed by atoms with Gasteiger partial charge in [-0.2, -0.15) is 5.26 Å². The number of esters is 1. The molecule has 1 aliphatic rings. The van der Waals surface area contributed by atoms with Crippen LogP contribution in [0, 0.1) is 11.3 Å². The van der Waals surface area contributed by atoms with E-state index in [1.54, 1.807) is 57.2 Å². The van der Waals surface area contributed by atoms with E-state index >= 15 is 0 Å². The van der Waals surface area contributed by atoms with Gasteiger partial charge in [0.05, 0.1) is 9.79 Å². The molecule has 0 aliphatic carbocycles. The monoisotopic (exact) mass is 367 g/mol. The summed E-state index contributed by atoms with van der Waals surface area (Å²) in [7, 11) is -3.73. The van der Waals surface area contributed by atoms with Crippen molar-refractivity contribution < 1.29 is 17.9 Å². The molecule has 0 fully saturated rings. The molecular formula is C20H17NO4S. The first kappa shape index (κ1) is 17.9. The first-order valence-electron chi connectivity index (χ1n) is 7.98. The summed E-state index contributed by atoms with van der Waals surface area (Å²) in [5, 5.41) is 9.67. The van der Waals surface area contributed by atoms with Gasteiger partial charge in [0.2, 0.25) is 9.84 Å². The zero-order valence-corrected chi connectivity index (χ0v) is 15.4. The lowest BCUT2D eigenvalue weighted by atomic mass is 9.92. The summed E-state index contributed by atoms with van der Waals surface area (Å²) in [6, 6.07) is 14.6. The molecule has 0 atom stereocenters. The molecule has 26 heavy (non-hydrogen) atoms. The maximum atomic E-state index is 12.9. The van der Waals surface area contributed by atoms with Crippen molar-refractivity contribution in [2.75, 3.05) is 0 Å². The van der Waals surface area contributed by atoms with Gasteiger partial charge in [-0.05, 0) is 32.9 Å². The fourth-order valence-electron chi connectivity index (χ4n) is 2.88. The number of carbonyl (C=O) groups is 1. The van der Waals surface area contributed by atoms with Crippen LogP contribution in [0.15, 0.2) is 63.9 Å². The molecule has 3 rings (SSSR count). The molecule has 0 unspecified atom stereocenters. The van der Waals surface area contributed by atoms with Crippen LogP contribution in [0.1, 0.15) is 31.9 Å². The minimum absolute atomic E-state index is 0.0741. The molecule has 2 aromatic rings. The highest BCUT2D eigenvalue weighted by Gasteiger charge is 2.35. The molecule has 0 N–H and O–H groups in total. The first-order valence-corrected chi connectivity index (χ1v) is 9.47. The van der Waals surface area contributed by atoms with Gasteiger partial charge in [0.25, 0.3) is 0 Å². The Hall–Kier alpha value is -2.91. The molecular weight excluding hydrogens is 350 g/mol. The van der Waals surface area contributed by atoms with Crippen LogP contribution in [0.5, 0.6) is 0 Å². The van der Waals surface area contributed by atoms with Gasteiger partial charge in [-0.3, -0.25) is 0 Å². The zero-order valence-electron chi connectivity index (χ0n) is 14.6. The van der Waals surface area contributed by atoms with Crippen LogP contribution in [0.4, 0.5) is 0 Å². The van der Waals surface area contributed by atoms with E-state index in [0.29, 0.717) is 11.1 Å². The van der Waals surface area contributed by atoms with Crippen molar-refractivity contribution in [2.24, 2.45) is 0 Å². The van der Waals surface area contributed by atoms with Crippen molar-refractivity contribution in [2.45, 2.75) is 36.2 Å². The summed E-state index contributed by atoms with van der Waals surface area (Å²) < 4.78 is 31.2. The smallest absolute Gasteiger partial charge is 0.350 e. The van der Waals surface area contributed by atoms with Crippen LogP contribution in [-0.2, 0) is 19.4 Å². The van der Waals surface area contributed by atoms with Crippen molar-refractivity contribution >= 4 is 21.4 Å². The third-order valence-electron chi connectivity index (χ3n) is 3.86. The topological polar surface area (TPSA) is 84.2 Å². The highest BCUT2D eigenvalue weighted by atomic mass is 32.2. The molecule has 2 aromatic carbocycles. The van der Waals surface area contributed by atoms with Crippen LogP contribution < -0.4 is 0 Å². The third-order valence-corrected chi connectivity index (χ3v) is 5.73. The van der Waals surface area contributed by atoms with Gasteiger partial charge < -0.3 is 4.74 Å². The maximum Gasteiger partial charge on any atom is 0.350 e. The Balaban J connectivity index is 2.39. The Morgan fingerprint density at radius 2 is 1.42 bits per heavy atom. The largest absolute Gasteiger partial charge is 0.456 e. The number of benzene rings is 2. The highest BCUT2D eigenvalue weighted by molar-refractivity contribution is 7.91. The number of rotatable bonds is 1. The van der Waals surface area contributed by atoms with Crippen molar-refractivity contribution in [1.29, 1.82) is 5.26 Å². The fourth-order valence-corrected chi connectivity index (χ4v) is 4.55. The Kier molecular flexibility index (Phi) is 4.21. The Morgan fingerprint density at radius 1 is 0.962 bits per heavy atom. The molecule has 0 spiro atoms. The van der Waals surface area contributed by atoms with Gasteiger partial charge in [-0.1, -0.05) is 36.4 Å². The second-order valence-corrected chi connectivity index (χ2v) is 8.75. The van der Waals surface area contributed by atoms with Gasteiger partial charge in [0, 0.05) is 16.7 Å². The lowest BCUT2D eigenvalue weighted by Crippen LogP contribution is -2.26. The van der Waals surface area contributed by atoms with E-state index < -0.39 is 21.4 Å². The minimum Gasteiger partial charge on any atom is -0.456 e. The molecule has 6 heteroatoms. The maximum absolute atomic E-state index is 12.9. The summed E-state index contributed by atoms with van der Waals surface area (Å²) in [5.74, 6) is -0.779. The summed E-state index contributed by atoms with van der Waals surface area (Å²) in [4.78, 5) is 12.8. The average Bonchev–Trinajstić information content (AvgIpc) is 2.57. The minimum atomic E-state index is -3.73. The van der Waals surface area contributed by atoms with Crippen molar-refractivity contribution in [3.05, 3.63) is 65.2 Å². The SMILES string of the molecule is CC(C)(C)OC(=O)C(C#N)=C1c2ccccc2S(=O)(=O)c2ccccc21. The summed E-state index contributed by atoms with van der Waals surface area (Å²) >= 11 is 0. The van der Waals surface area contributed by atoms with Gasteiger partial charge >= 0.3 is 5.97 Å². The summed E-state index contributed by atoms with van der Waals surface area (Å²) in [6.45, 7) is 5.12. The van der Waals surface area contributed by atoms with Gasteiger partial charge in [0.1, 0.15) is 17.2 Å². The molecule has 0 radical (unpaired) electrons. The van der Waals surface area contributed by atoms with Gasteiger partial charge in [-0.25, -0.2) is 13.2 Å². The number of ether oxygens (including phenoxy) is 1. The number of carbonyl (C=O) groups excluding carboxylic acids is 1. The van der Waals surface area contributed by atoms with Crippen molar-refractivity contribution in [3.8, 4) is 6.07 Å². The second kappa shape index (κ2) is 6.11. The normalized spacial score (nSPS) is 14.6. The number of hydrogen-bond donors (Lipinski definition) is 0. The molecule has 0 amide bonds. The quantitative estimate of drug-likeness (QED) is 0.373. The lowest BCUT2D eigenvalue weighted by molar-refractivity contribution is -0.149. The predicted molar refractivity (Wildman–Crippen MR) is 95.8 cm³/mol. The first-order chi connectivity index (χ1) is 12.2. The van der Waals surface area contributed by atoms with E-state index in [2.05, 4.69) is 0 Å². The summed E-state index contributed by atoms with van der Waals surface area (Å²) in [5.41, 5.74) is -0.0563. The predicted octanol–water partition coefficient (Wildman–Crippen LogP) is 3.50. The number of nitrogens with zero attached hydrogens (tertiary/aromatic N) is 1. The van der Waals surface area contributed by atoms with E-state index in [9.17, 15) is 18.5 Å². The van der Waals surface area contributed by atoms with E-state index in [1.165, 1.54) is 12.1 Å². The highest BCUT2D eigenvalue weighted by Crippen LogP contribution is 2.42. The van der Waals surface area contributed by atoms with E-state index in [0.717, 1.165) is 0 Å². The Morgan fingerprint density at radius 3 is 1.85 bits per heavy atom. The Bertz CT molecular complexity index is 1030. The van der Waals surface area contributed by atoms with Gasteiger partial charge in [0.15, 0.2) is 0 Å². The van der Waals surface area contributed by atoms with E-state index in [4.69, 9.17) is 4.74 Å². The number of nitriles is 1. The molecule has 5 nitrogen and oxygen atoms in total. The van der Waals surface area contributed by atoms with Crippen molar-refractivity contribution in [3.63, 3.8) is 0 Å². The molecule has 0 bridgehead atoms. The standard InChI is InChI=1S/C20H17NO4S/c1-20(2,3)25-19(22)15(12-21)18-13-8-4-6-10-16(13)26(23,24)17-11-7-5-9-14(17)18/h4-11H,1-3H3. The fraction of sp³-hybridized carbons (Fsp3) is 0.200. The summed E-state index contributed by atoms with van der Waals surface area (Å²) in [6.07, 6.45) is 0. The molecule has 1 heterocycles. The van der Waals surface area contributed by atoms with Crippen LogP contribution >= 0.6 is 0 Å². The van der Waals surface area contributed by atoms with Crippen molar-refractivity contribution in [1.82, 2.24) is 0 Å². The number of fused-ring (bicyclic) bond motifs is 2. The third kappa shape index (κ3) is 2.91. The van der Waals surface area contributed by atoms with E-state index in [-0.39, 0.29) is 20.9 Å². The molecule has 0 aromatic heterocycles. The van der Waals surface area contributed by atoms with Crippen LogP contribution in [0.2, 0.25) is 0 Å². The molecule has 1 aliphatic heterocycles.